The molecule has 8 nitrogen and oxygen atoms in total. The van der Waals surface area contributed by atoms with Crippen molar-refractivity contribution in [3.05, 3.63) is 70.5 Å². The van der Waals surface area contributed by atoms with Crippen LogP contribution in [0.5, 0.6) is 0 Å². The van der Waals surface area contributed by atoms with Crippen molar-refractivity contribution < 1.29 is 14.3 Å². The third kappa shape index (κ3) is 7.52. The number of ether oxygens (including phenoxy) is 1. The Hall–Kier alpha value is -3.17. The fraction of sp³-hybridized carbons (Fsp3) is 0.484. The summed E-state index contributed by atoms with van der Waals surface area (Å²) < 4.78 is 7.36. The maximum absolute atomic E-state index is 13.5. The minimum absolute atomic E-state index is 0.0116. The van der Waals surface area contributed by atoms with Crippen LogP contribution in [0.15, 0.2) is 64.5 Å². The number of rotatable bonds is 11. The van der Waals surface area contributed by atoms with E-state index in [1.54, 1.807) is 10.6 Å². The van der Waals surface area contributed by atoms with Gasteiger partial charge in [-0.3, -0.25) is 19.0 Å². The Labute approximate surface area is 239 Å². The van der Waals surface area contributed by atoms with Gasteiger partial charge in [-0.2, -0.15) is 0 Å². The summed E-state index contributed by atoms with van der Waals surface area (Å²) in [6, 6.07) is 17.4. The number of thioether (sulfide) groups is 1. The van der Waals surface area contributed by atoms with Crippen molar-refractivity contribution in [2.45, 2.75) is 62.8 Å². The first-order chi connectivity index (χ1) is 19.6. The summed E-state index contributed by atoms with van der Waals surface area (Å²) in [6.45, 7) is 2.48. The Kier molecular flexibility index (Phi) is 9.89. The topological polar surface area (TPSA) is 102 Å². The molecule has 40 heavy (non-hydrogen) atoms. The van der Waals surface area contributed by atoms with E-state index in [2.05, 4.69) is 10.6 Å². The number of fused-ring (bicyclic) bond motifs is 1. The summed E-state index contributed by atoms with van der Waals surface area (Å²) in [5.41, 5.74) is 1.74. The van der Waals surface area contributed by atoms with Crippen LogP contribution in [0.3, 0.4) is 0 Å². The molecule has 1 saturated carbocycles. The largest absolute Gasteiger partial charge is 0.376 e. The van der Waals surface area contributed by atoms with E-state index >= 15 is 0 Å². The first kappa shape index (κ1) is 28.4. The van der Waals surface area contributed by atoms with Gasteiger partial charge in [-0.05, 0) is 68.6 Å². The molecular formula is C31H38N4O4S. The number of amides is 2. The van der Waals surface area contributed by atoms with Crippen molar-refractivity contribution in [1.29, 1.82) is 0 Å². The molecule has 0 unspecified atom stereocenters. The normalized spacial score (nSPS) is 20.9. The fourth-order valence-corrected chi connectivity index (χ4v) is 6.46. The maximum Gasteiger partial charge on any atom is 0.262 e. The van der Waals surface area contributed by atoms with Gasteiger partial charge in [0.2, 0.25) is 11.8 Å². The standard InChI is InChI=1S/C31H38N4O4S/c36-28(32-17-16-22-7-2-1-3-8-22)21-40-31-34-27-11-5-4-10-26(27)30(38)35(31)20-23-12-14-24(15-13-23)29(37)33-19-25-9-6-18-39-25/h1-5,7-8,10-11,23-25H,6,9,12-21H2,(H,32,36)(H,33,37)/t23?,24?,25-/m1/s1. The van der Waals surface area contributed by atoms with E-state index in [0.29, 0.717) is 35.7 Å². The van der Waals surface area contributed by atoms with Crippen LogP contribution in [0.4, 0.5) is 0 Å². The van der Waals surface area contributed by atoms with Crippen molar-refractivity contribution in [3.8, 4) is 0 Å². The van der Waals surface area contributed by atoms with Gasteiger partial charge in [0.1, 0.15) is 0 Å². The smallest absolute Gasteiger partial charge is 0.262 e. The zero-order valence-electron chi connectivity index (χ0n) is 22.8. The van der Waals surface area contributed by atoms with Gasteiger partial charge >= 0.3 is 0 Å². The van der Waals surface area contributed by atoms with Crippen LogP contribution in [0.1, 0.15) is 44.1 Å². The highest BCUT2D eigenvalue weighted by molar-refractivity contribution is 7.99. The Morgan fingerprint density at radius 3 is 2.52 bits per heavy atom. The van der Waals surface area contributed by atoms with E-state index in [1.165, 1.54) is 17.3 Å². The Balaban J connectivity index is 1.18. The molecule has 0 spiro atoms. The zero-order valence-corrected chi connectivity index (χ0v) is 23.7. The lowest BCUT2D eigenvalue weighted by Gasteiger charge is -2.29. The first-order valence-electron chi connectivity index (χ1n) is 14.4. The molecule has 2 fully saturated rings. The summed E-state index contributed by atoms with van der Waals surface area (Å²) in [5.74, 6) is 0.522. The lowest BCUT2D eigenvalue weighted by atomic mass is 9.81. The van der Waals surface area contributed by atoms with Crippen LogP contribution in [0, 0.1) is 11.8 Å². The number of aromatic nitrogens is 2. The third-order valence-corrected chi connectivity index (χ3v) is 8.90. The quantitative estimate of drug-likeness (QED) is 0.271. The minimum Gasteiger partial charge on any atom is -0.376 e. The second-order valence-electron chi connectivity index (χ2n) is 10.8. The summed E-state index contributed by atoms with van der Waals surface area (Å²) in [6.07, 6.45) is 6.36. The van der Waals surface area contributed by atoms with Crippen molar-refractivity contribution in [3.63, 3.8) is 0 Å². The van der Waals surface area contributed by atoms with E-state index in [0.717, 1.165) is 51.6 Å². The molecule has 5 rings (SSSR count). The van der Waals surface area contributed by atoms with Crippen LogP contribution in [0.2, 0.25) is 0 Å². The number of carbonyl (C=O) groups excluding carboxylic acids is 2. The number of benzene rings is 2. The predicted molar refractivity (Wildman–Crippen MR) is 157 cm³/mol. The molecule has 1 aliphatic carbocycles. The van der Waals surface area contributed by atoms with E-state index < -0.39 is 0 Å². The average molecular weight is 563 g/mol. The molecule has 2 heterocycles. The van der Waals surface area contributed by atoms with Crippen LogP contribution in [0.25, 0.3) is 10.9 Å². The minimum atomic E-state index is -0.0792. The van der Waals surface area contributed by atoms with E-state index in [1.807, 2.05) is 48.5 Å². The highest BCUT2D eigenvalue weighted by Gasteiger charge is 2.28. The van der Waals surface area contributed by atoms with Gasteiger partial charge < -0.3 is 15.4 Å². The van der Waals surface area contributed by atoms with Crippen molar-refractivity contribution in [2.75, 3.05) is 25.4 Å². The second kappa shape index (κ2) is 13.9. The average Bonchev–Trinajstić information content (AvgIpc) is 3.51. The Bertz CT molecular complexity index is 1350. The number of carbonyl (C=O) groups is 2. The Morgan fingerprint density at radius 1 is 0.975 bits per heavy atom. The molecule has 212 valence electrons. The third-order valence-electron chi connectivity index (χ3n) is 7.92. The van der Waals surface area contributed by atoms with Gasteiger partial charge in [0.25, 0.3) is 5.56 Å². The molecule has 2 amide bonds. The molecule has 1 saturated heterocycles. The number of para-hydroxylation sites is 1. The summed E-state index contributed by atoms with van der Waals surface area (Å²) >= 11 is 1.31. The summed E-state index contributed by atoms with van der Waals surface area (Å²) in [4.78, 5) is 43.6. The van der Waals surface area contributed by atoms with E-state index in [4.69, 9.17) is 9.72 Å². The van der Waals surface area contributed by atoms with Crippen molar-refractivity contribution >= 4 is 34.5 Å². The number of nitrogens with one attached hydrogen (secondary N) is 2. The fourth-order valence-electron chi connectivity index (χ4n) is 5.62. The van der Waals surface area contributed by atoms with E-state index in [-0.39, 0.29) is 41.1 Å². The Morgan fingerprint density at radius 2 is 1.75 bits per heavy atom. The number of nitrogens with zero attached hydrogens (tertiary/aromatic N) is 2. The molecule has 2 aliphatic rings. The number of hydrogen-bond acceptors (Lipinski definition) is 6. The molecule has 9 heteroatoms. The van der Waals surface area contributed by atoms with Crippen molar-refractivity contribution in [2.24, 2.45) is 11.8 Å². The van der Waals surface area contributed by atoms with Crippen LogP contribution < -0.4 is 16.2 Å². The van der Waals surface area contributed by atoms with Crippen molar-refractivity contribution in [1.82, 2.24) is 20.2 Å². The molecule has 1 atom stereocenters. The molecular weight excluding hydrogens is 524 g/mol. The number of hydrogen-bond donors (Lipinski definition) is 2. The van der Waals surface area contributed by atoms with Gasteiger partial charge in [-0.15, -0.1) is 0 Å². The monoisotopic (exact) mass is 562 g/mol. The van der Waals surface area contributed by atoms with Crippen LogP contribution >= 0.6 is 11.8 Å². The lowest BCUT2D eigenvalue weighted by molar-refractivity contribution is -0.126. The van der Waals surface area contributed by atoms with E-state index in [9.17, 15) is 14.4 Å². The molecule has 1 aromatic heterocycles. The lowest BCUT2D eigenvalue weighted by Crippen LogP contribution is -2.38. The predicted octanol–water partition coefficient (Wildman–Crippen LogP) is 3.95. The van der Waals surface area contributed by atoms with Crippen LogP contribution in [-0.4, -0.2) is 52.9 Å². The SMILES string of the molecule is O=C(CSc1nc2ccccc2c(=O)n1CC1CCC(C(=O)NC[C@H]2CCCO2)CC1)NCCc1ccccc1. The molecule has 3 aromatic rings. The highest BCUT2D eigenvalue weighted by atomic mass is 32.2. The van der Waals surface area contributed by atoms with Gasteiger partial charge in [-0.25, -0.2) is 4.98 Å². The molecule has 1 aliphatic heterocycles. The van der Waals surface area contributed by atoms with Gasteiger partial charge in [0, 0.05) is 32.2 Å². The zero-order chi connectivity index (χ0) is 27.7. The van der Waals surface area contributed by atoms with Gasteiger partial charge in [0.05, 0.1) is 22.8 Å². The first-order valence-corrected chi connectivity index (χ1v) is 15.4. The summed E-state index contributed by atoms with van der Waals surface area (Å²) in [5, 5.41) is 7.21. The van der Waals surface area contributed by atoms with Gasteiger partial charge in [0.15, 0.2) is 5.16 Å². The molecule has 2 N–H and O–H groups in total. The molecule has 2 aromatic carbocycles. The second-order valence-corrected chi connectivity index (χ2v) is 11.7. The van der Waals surface area contributed by atoms with Gasteiger partial charge in [-0.1, -0.05) is 54.2 Å². The highest BCUT2D eigenvalue weighted by Crippen LogP contribution is 2.31. The molecule has 0 radical (unpaired) electrons. The van der Waals surface area contributed by atoms with Crippen LogP contribution in [-0.2, 0) is 27.3 Å². The molecule has 0 bridgehead atoms. The summed E-state index contributed by atoms with van der Waals surface area (Å²) in [7, 11) is 0. The maximum atomic E-state index is 13.5.